The highest BCUT2D eigenvalue weighted by Gasteiger charge is 2.14. The van der Waals surface area contributed by atoms with Crippen molar-refractivity contribution in [2.24, 2.45) is 0 Å². The molecule has 2 aromatic carbocycles. The minimum absolute atomic E-state index is 0.443. The summed E-state index contributed by atoms with van der Waals surface area (Å²) in [5.74, 6) is 0.959. The van der Waals surface area contributed by atoms with Gasteiger partial charge in [-0.3, -0.25) is 0 Å². The van der Waals surface area contributed by atoms with E-state index < -0.39 is 5.97 Å². The fourth-order valence-corrected chi connectivity index (χ4v) is 1.90. The van der Waals surface area contributed by atoms with Gasteiger partial charge in [0.25, 0.3) is 0 Å². The molecule has 0 bridgehead atoms. The molecule has 0 saturated heterocycles. The first kappa shape index (κ1) is 15.4. The molecule has 0 fully saturated rings. The van der Waals surface area contributed by atoms with Crippen molar-refractivity contribution in [2.45, 2.75) is 0 Å². The Bertz CT molecular complexity index is 677. The van der Waals surface area contributed by atoms with Crippen LogP contribution in [0, 0.1) is 0 Å². The molecule has 1 N–H and O–H groups in total. The maximum Gasteiger partial charge on any atom is 0.328 e. The topological polar surface area (TPSA) is 65.0 Å². The van der Waals surface area contributed by atoms with Crippen molar-refractivity contribution in [1.29, 1.82) is 0 Å². The monoisotopic (exact) mass is 300 g/mol. The van der Waals surface area contributed by atoms with Crippen LogP contribution in [0.5, 0.6) is 23.0 Å². The van der Waals surface area contributed by atoms with Gasteiger partial charge in [0.1, 0.15) is 5.75 Å². The second-order valence-corrected chi connectivity index (χ2v) is 4.34. The number of carboxylic acids is 1. The van der Waals surface area contributed by atoms with Crippen LogP contribution in [0.2, 0.25) is 0 Å². The molecule has 0 aliphatic carbocycles. The number of ether oxygens (including phenoxy) is 3. The molecule has 0 spiro atoms. The third-order valence-electron chi connectivity index (χ3n) is 2.86. The van der Waals surface area contributed by atoms with Crippen LogP contribution in [0.15, 0.2) is 48.5 Å². The van der Waals surface area contributed by atoms with E-state index in [0.29, 0.717) is 28.6 Å². The van der Waals surface area contributed by atoms with Gasteiger partial charge >= 0.3 is 5.97 Å². The van der Waals surface area contributed by atoms with E-state index in [1.165, 1.54) is 20.3 Å². The molecule has 0 aromatic heterocycles. The van der Waals surface area contributed by atoms with Gasteiger partial charge in [0.15, 0.2) is 11.5 Å². The minimum Gasteiger partial charge on any atom is -0.493 e. The molecular weight excluding hydrogens is 284 g/mol. The lowest BCUT2D eigenvalue weighted by Gasteiger charge is -2.14. The highest BCUT2D eigenvalue weighted by atomic mass is 16.5. The number of methoxy groups -OCH3 is 2. The van der Waals surface area contributed by atoms with Crippen LogP contribution in [0.4, 0.5) is 0 Å². The number of hydrogen-bond acceptors (Lipinski definition) is 4. The molecule has 22 heavy (non-hydrogen) atoms. The summed E-state index contributed by atoms with van der Waals surface area (Å²) >= 11 is 0. The van der Waals surface area contributed by atoms with Crippen LogP contribution in [0.25, 0.3) is 6.08 Å². The Kier molecular flexibility index (Phi) is 5.03. The van der Waals surface area contributed by atoms with Crippen molar-refractivity contribution in [3.05, 3.63) is 54.1 Å². The predicted molar refractivity (Wildman–Crippen MR) is 82.7 cm³/mol. The molecule has 0 saturated carbocycles. The van der Waals surface area contributed by atoms with E-state index in [1.54, 1.807) is 12.1 Å². The number of para-hydroxylation sites is 1. The van der Waals surface area contributed by atoms with Gasteiger partial charge in [-0.15, -0.1) is 0 Å². The lowest BCUT2D eigenvalue weighted by molar-refractivity contribution is -0.131. The molecular formula is C17H16O5. The highest BCUT2D eigenvalue weighted by molar-refractivity contribution is 5.85. The lowest BCUT2D eigenvalue weighted by atomic mass is 10.1. The molecule has 0 aliphatic rings. The zero-order valence-corrected chi connectivity index (χ0v) is 12.3. The zero-order valence-electron chi connectivity index (χ0n) is 12.3. The van der Waals surface area contributed by atoms with Gasteiger partial charge in [0, 0.05) is 6.08 Å². The van der Waals surface area contributed by atoms with Crippen LogP contribution in [-0.4, -0.2) is 25.3 Å². The summed E-state index contributed by atoms with van der Waals surface area (Å²) in [5.41, 5.74) is 0.631. The maximum absolute atomic E-state index is 10.7. The Balaban J connectivity index is 2.44. The molecule has 0 aliphatic heterocycles. The highest BCUT2D eigenvalue weighted by Crippen LogP contribution is 2.40. The van der Waals surface area contributed by atoms with Crippen molar-refractivity contribution in [1.82, 2.24) is 0 Å². The van der Waals surface area contributed by atoms with Crippen LogP contribution >= 0.6 is 0 Å². The van der Waals surface area contributed by atoms with Crippen molar-refractivity contribution < 1.29 is 24.1 Å². The fourth-order valence-electron chi connectivity index (χ4n) is 1.90. The van der Waals surface area contributed by atoms with Gasteiger partial charge in [-0.05, 0) is 35.9 Å². The molecule has 114 valence electrons. The molecule has 0 unspecified atom stereocenters. The average molecular weight is 300 g/mol. The van der Waals surface area contributed by atoms with E-state index in [1.807, 2.05) is 30.3 Å². The number of benzene rings is 2. The molecule has 5 nitrogen and oxygen atoms in total. The third-order valence-corrected chi connectivity index (χ3v) is 2.86. The van der Waals surface area contributed by atoms with Crippen LogP contribution in [0.1, 0.15) is 5.56 Å². The molecule has 0 radical (unpaired) electrons. The van der Waals surface area contributed by atoms with Gasteiger partial charge in [-0.1, -0.05) is 18.2 Å². The van der Waals surface area contributed by atoms with Crippen LogP contribution < -0.4 is 14.2 Å². The number of rotatable bonds is 6. The van der Waals surface area contributed by atoms with E-state index >= 15 is 0 Å². The second-order valence-electron chi connectivity index (χ2n) is 4.34. The van der Waals surface area contributed by atoms with Crippen molar-refractivity contribution in [3.8, 4) is 23.0 Å². The van der Waals surface area contributed by atoms with E-state index in [4.69, 9.17) is 19.3 Å². The Hall–Kier alpha value is -2.95. The predicted octanol–water partition coefficient (Wildman–Crippen LogP) is 3.59. The zero-order chi connectivity index (χ0) is 15.9. The van der Waals surface area contributed by atoms with E-state index in [9.17, 15) is 4.79 Å². The molecule has 0 amide bonds. The Labute approximate surface area is 128 Å². The summed E-state index contributed by atoms with van der Waals surface area (Å²) in [6.45, 7) is 0. The Morgan fingerprint density at radius 1 is 1.05 bits per heavy atom. The Morgan fingerprint density at radius 2 is 1.73 bits per heavy atom. The quantitative estimate of drug-likeness (QED) is 0.826. The third kappa shape index (κ3) is 3.79. The summed E-state index contributed by atoms with van der Waals surface area (Å²) in [6, 6.07) is 12.6. The summed E-state index contributed by atoms with van der Waals surface area (Å²) in [4.78, 5) is 10.7. The molecule has 5 heteroatoms. The van der Waals surface area contributed by atoms with Gasteiger partial charge < -0.3 is 19.3 Å². The standard InChI is InChI=1S/C17H16O5/c1-20-14-10-12(8-9-16(18)19)11-15(17(14)21-2)22-13-6-4-3-5-7-13/h3-11H,1-2H3,(H,18,19). The van der Waals surface area contributed by atoms with Crippen LogP contribution in [-0.2, 0) is 4.79 Å². The average Bonchev–Trinajstić information content (AvgIpc) is 2.53. The first-order valence-electron chi connectivity index (χ1n) is 6.54. The summed E-state index contributed by atoms with van der Waals surface area (Å²) in [6.07, 6.45) is 2.51. The van der Waals surface area contributed by atoms with Crippen LogP contribution in [0.3, 0.4) is 0 Å². The summed E-state index contributed by atoms with van der Waals surface area (Å²) in [7, 11) is 3.03. The van der Waals surface area contributed by atoms with Crippen molar-refractivity contribution >= 4 is 12.0 Å². The molecule has 2 rings (SSSR count). The minimum atomic E-state index is -1.03. The molecule has 0 atom stereocenters. The maximum atomic E-state index is 10.7. The largest absolute Gasteiger partial charge is 0.493 e. The summed E-state index contributed by atoms with van der Waals surface area (Å²) < 4.78 is 16.4. The normalized spacial score (nSPS) is 10.5. The number of aliphatic carboxylic acids is 1. The van der Waals surface area contributed by atoms with Crippen molar-refractivity contribution in [2.75, 3.05) is 14.2 Å². The Morgan fingerprint density at radius 3 is 2.32 bits per heavy atom. The van der Waals surface area contributed by atoms with Crippen molar-refractivity contribution in [3.63, 3.8) is 0 Å². The van der Waals surface area contributed by atoms with Gasteiger partial charge in [-0.2, -0.15) is 0 Å². The molecule has 2 aromatic rings. The second kappa shape index (κ2) is 7.17. The van der Waals surface area contributed by atoms with Gasteiger partial charge in [0.05, 0.1) is 14.2 Å². The SMILES string of the molecule is COc1cc(C=CC(=O)O)cc(Oc2ccccc2)c1OC. The van der Waals surface area contributed by atoms with E-state index in [0.717, 1.165) is 6.08 Å². The number of hydrogen-bond donors (Lipinski definition) is 1. The first-order chi connectivity index (χ1) is 10.6. The van der Waals surface area contributed by atoms with Gasteiger partial charge in [0.2, 0.25) is 5.75 Å². The summed E-state index contributed by atoms with van der Waals surface area (Å²) in [5, 5.41) is 8.73. The number of carbonyl (C=O) groups is 1. The molecule has 0 heterocycles. The van der Waals surface area contributed by atoms with Gasteiger partial charge in [-0.25, -0.2) is 4.79 Å². The number of carboxylic acid groups (broad SMARTS) is 1. The fraction of sp³-hybridized carbons (Fsp3) is 0.118. The smallest absolute Gasteiger partial charge is 0.328 e. The van der Waals surface area contributed by atoms with E-state index in [2.05, 4.69) is 0 Å². The van der Waals surface area contributed by atoms with E-state index in [-0.39, 0.29) is 0 Å². The lowest BCUT2D eigenvalue weighted by Crippen LogP contribution is -1.96. The first-order valence-corrected chi connectivity index (χ1v) is 6.54.